The number of nitrogens with one attached hydrogen (secondary N) is 1. The van der Waals surface area contributed by atoms with Crippen molar-refractivity contribution in [1.82, 2.24) is 0 Å². The van der Waals surface area contributed by atoms with Crippen LogP contribution in [-0.4, -0.2) is 14.2 Å². The van der Waals surface area contributed by atoms with E-state index in [1.165, 1.54) is 24.4 Å². The molecule has 0 radical (unpaired) electrons. The van der Waals surface area contributed by atoms with Crippen molar-refractivity contribution in [3.63, 3.8) is 0 Å². The molecule has 2 rings (SSSR count). The smallest absolute Gasteiger partial charge is 0.238 e. The zero-order valence-electron chi connectivity index (χ0n) is 11.1. The normalized spacial score (nSPS) is 11.5. The molecule has 0 aliphatic heterocycles. The average Bonchev–Trinajstić information content (AvgIpc) is 2.47. The molecule has 0 aromatic heterocycles. The Morgan fingerprint density at radius 2 is 1.62 bits per heavy atom. The Morgan fingerprint density at radius 1 is 1.00 bits per heavy atom. The van der Waals surface area contributed by atoms with Crippen LogP contribution >= 0.6 is 0 Å². The van der Waals surface area contributed by atoms with E-state index in [1.54, 1.807) is 36.4 Å². The Hall–Kier alpha value is -2.44. The van der Waals surface area contributed by atoms with E-state index < -0.39 is 10.0 Å². The lowest BCUT2D eigenvalue weighted by Crippen LogP contribution is -2.11. The third kappa shape index (κ3) is 4.27. The van der Waals surface area contributed by atoms with Gasteiger partial charge < -0.3 is 5.32 Å². The summed E-state index contributed by atoms with van der Waals surface area (Å²) < 4.78 is 22.2. The van der Waals surface area contributed by atoms with Gasteiger partial charge in [-0.15, -0.1) is 0 Å². The van der Waals surface area contributed by atoms with E-state index >= 15 is 0 Å². The van der Waals surface area contributed by atoms with Gasteiger partial charge in [0.1, 0.15) is 0 Å². The van der Waals surface area contributed by atoms with Crippen LogP contribution < -0.4 is 10.5 Å². The monoisotopic (exact) mass is 302 g/mol. The number of ketones is 1. The molecule has 0 aliphatic rings. The van der Waals surface area contributed by atoms with E-state index in [9.17, 15) is 13.2 Å². The Kier molecular flexibility index (Phi) is 4.52. The largest absolute Gasteiger partial charge is 0.362 e. The van der Waals surface area contributed by atoms with Crippen LogP contribution in [0, 0.1) is 0 Å². The predicted octanol–water partition coefficient (Wildman–Crippen LogP) is 2.14. The number of rotatable bonds is 5. The third-order valence-corrected chi connectivity index (χ3v) is 3.66. The first-order valence-corrected chi connectivity index (χ1v) is 7.67. The van der Waals surface area contributed by atoms with E-state index in [0.29, 0.717) is 11.3 Å². The average molecular weight is 302 g/mol. The highest BCUT2D eigenvalue weighted by Crippen LogP contribution is 2.12. The molecule has 0 saturated heterocycles. The molecule has 0 amide bonds. The highest BCUT2D eigenvalue weighted by atomic mass is 32.2. The highest BCUT2D eigenvalue weighted by Gasteiger charge is 2.06. The van der Waals surface area contributed by atoms with Crippen LogP contribution in [0.25, 0.3) is 0 Å². The summed E-state index contributed by atoms with van der Waals surface area (Å²) in [5.41, 5.74) is 1.25. The van der Waals surface area contributed by atoms with E-state index in [-0.39, 0.29) is 10.7 Å². The summed E-state index contributed by atoms with van der Waals surface area (Å²) in [6.45, 7) is 0. The van der Waals surface area contributed by atoms with Gasteiger partial charge in [-0.25, -0.2) is 13.6 Å². The number of nitrogens with two attached hydrogens (primary N) is 1. The molecule has 6 heteroatoms. The Balaban J connectivity index is 2.00. The van der Waals surface area contributed by atoms with Gasteiger partial charge in [0.05, 0.1) is 4.90 Å². The molecule has 3 N–H and O–H groups in total. The summed E-state index contributed by atoms with van der Waals surface area (Å²) in [5.74, 6) is -0.121. The Morgan fingerprint density at radius 3 is 2.19 bits per heavy atom. The van der Waals surface area contributed by atoms with Gasteiger partial charge in [-0.05, 0) is 24.3 Å². The lowest BCUT2D eigenvalue weighted by atomic mass is 10.1. The van der Waals surface area contributed by atoms with Crippen molar-refractivity contribution in [1.29, 1.82) is 0 Å². The van der Waals surface area contributed by atoms with Crippen molar-refractivity contribution in [3.05, 3.63) is 72.4 Å². The first-order chi connectivity index (χ1) is 9.97. The third-order valence-electron chi connectivity index (χ3n) is 2.73. The molecular weight excluding hydrogens is 288 g/mol. The van der Waals surface area contributed by atoms with Crippen LogP contribution in [0.2, 0.25) is 0 Å². The van der Waals surface area contributed by atoms with Gasteiger partial charge in [0.15, 0.2) is 5.78 Å². The molecule has 0 aliphatic carbocycles. The van der Waals surface area contributed by atoms with Crippen LogP contribution in [0.15, 0.2) is 71.8 Å². The molecule has 108 valence electrons. The maximum Gasteiger partial charge on any atom is 0.238 e. The summed E-state index contributed by atoms with van der Waals surface area (Å²) in [6, 6.07) is 14.8. The van der Waals surface area contributed by atoms with Crippen molar-refractivity contribution in [2.75, 3.05) is 5.32 Å². The van der Waals surface area contributed by atoms with Gasteiger partial charge in [-0.3, -0.25) is 4.79 Å². The minimum atomic E-state index is -3.69. The van der Waals surface area contributed by atoms with Gasteiger partial charge in [0, 0.05) is 23.5 Å². The number of anilines is 1. The number of primary sulfonamides is 1. The van der Waals surface area contributed by atoms with Gasteiger partial charge >= 0.3 is 0 Å². The van der Waals surface area contributed by atoms with E-state index in [2.05, 4.69) is 5.32 Å². The first kappa shape index (κ1) is 15.0. The molecule has 0 spiro atoms. The second-order valence-electron chi connectivity index (χ2n) is 4.28. The van der Waals surface area contributed by atoms with E-state index in [0.717, 1.165) is 0 Å². The summed E-state index contributed by atoms with van der Waals surface area (Å²) in [7, 11) is -3.69. The summed E-state index contributed by atoms with van der Waals surface area (Å²) in [4.78, 5) is 11.8. The van der Waals surface area contributed by atoms with Crippen LogP contribution in [0.3, 0.4) is 0 Å². The first-order valence-electron chi connectivity index (χ1n) is 6.12. The molecule has 0 heterocycles. The fraction of sp³-hybridized carbons (Fsp3) is 0. The maximum atomic E-state index is 11.8. The van der Waals surface area contributed by atoms with E-state index in [4.69, 9.17) is 5.14 Å². The number of sulfonamides is 1. The standard InChI is InChI=1S/C15H14N2O3S/c16-21(19,20)14-8-6-13(7-9-14)17-11-10-15(18)12-4-2-1-3-5-12/h1-11,17H,(H2,16,19,20). The fourth-order valence-electron chi connectivity index (χ4n) is 1.65. The number of benzene rings is 2. The minimum absolute atomic E-state index is 0.0393. The van der Waals surface area contributed by atoms with Crippen molar-refractivity contribution in [3.8, 4) is 0 Å². The number of hydrogen-bond donors (Lipinski definition) is 2. The molecule has 2 aromatic rings. The molecule has 0 unspecified atom stereocenters. The summed E-state index contributed by atoms with van der Waals surface area (Å²) >= 11 is 0. The molecule has 0 saturated carbocycles. The second-order valence-corrected chi connectivity index (χ2v) is 5.84. The van der Waals surface area contributed by atoms with Gasteiger partial charge in [0.25, 0.3) is 0 Å². The molecule has 0 bridgehead atoms. The fourth-order valence-corrected chi connectivity index (χ4v) is 2.17. The van der Waals surface area contributed by atoms with Crippen LogP contribution in [-0.2, 0) is 10.0 Å². The van der Waals surface area contributed by atoms with Gasteiger partial charge in [0.2, 0.25) is 10.0 Å². The molecule has 0 atom stereocenters. The zero-order chi connectivity index (χ0) is 15.3. The lowest BCUT2D eigenvalue weighted by molar-refractivity contribution is 0.104. The Labute approximate surface area is 123 Å². The van der Waals surface area contributed by atoms with Crippen LogP contribution in [0.1, 0.15) is 10.4 Å². The number of hydrogen-bond acceptors (Lipinski definition) is 4. The SMILES string of the molecule is NS(=O)(=O)c1ccc(NC=CC(=O)c2ccccc2)cc1. The highest BCUT2D eigenvalue weighted by molar-refractivity contribution is 7.89. The maximum absolute atomic E-state index is 11.8. The molecule has 2 aromatic carbocycles. The Bertz CT molecular complexity index is 751. The zero-order valence-corrected chi connectivity index (χ0v) is 11.9. The van der Waals surface area contributed by atoms with Crippen molar-refractivity contribution >= 4 is 21.5 Å². The molecule has 5 nitrogen and oxygen atoms in total. The van der Waals surface area contributed by atoms with Gasteiger partial charge in [-0.2, -0.15) is 0 Å². The number of carbonyl (C=O) groups is 1. The summed E-state index contributed by atoms with van der Waals surface area (Å²) in [5, 5.41) is 7.89. The quantitative estimate of drug-likeness (QED) is 0.654. The minimum Gasteiger partial charge on any atom is -0.362 e. The van der Waals surface area contributed by atoms with Crippen molar-refractivity contribution < 1.29 is 13.2 Å². The lowest BCUT2D eigenvalue weighted by Gasteiger charge is -2.02. The van der Waals surface area contributed by atoms with E-state index in [1.807, 2.05) is 6.07 Å². The molecule has 0 fully saturated rings. The summed E-state index contributed by atoms with van der Waals surface area (Å²) in [6.07, 6.45) is 2.91. The molecular formula is C15H14N2O3S. The van der Waals surface area contributed by atoms with Gasteiger partial charge in [-0.1, -0.05) is 30.3 Å². The van der Waals surface area contributed by atoms with Crippen LogP contribution in [0.5, 0.6) is 0 Å². The van der Waals surface area contributed by atoms with Crippen LogP contribution in [0.4, 0.5) is 5.69 Å². The predicted molar refractivity (Wildman–Crippen MR) is 81.4 cm³/mol. The van der Waals surface area contributed by atoms with Crippen molar-refractivity contribution in [2.45, 2.75) is 4.90 Å². The molecule has 21 heavy (non-hydrogen) atoms. The van der Waals surface area contributed by atoms with Crippen molar-refractivity contribution in [2.24, 2.45) is 5.14 Å². The topological polar surface area (TPSA) is 89.3 Å². The number of carbonyl (C=O) groups excluding carboxylic acids is 1. The second kappa shape index (κ2) is 6.34. The number of allylic oxidation sites excluding steroid dienone is 1.